The Kier molecular flexibility index (Phi) is 34.8. The number of phosphoric ester groups is 1. The van der Waals surface area contributed by atoms with Crippen LogP contribution in [0.4, 0.5) is 0 Å². The molecule has 0 aliphatic rings. The molecule has 0 aliphatic carbocycles. The highest BCUT2D eigenvalue weighted by Crippen LogP contribution is 2.43. The second-order valence-electron chi connectivity index (χ2n) is 13.0. The van der Waals surface area contributed by atoms with Crippen LogP contribution in [0.25, 0.3) is 0 Å². The maximum absolute atomic E-state index is 12.5. The normalized spacial score (nSPS) is 14.5. The topological polar surface area (TPSA) is 155 Å². The second-order valence-corrected chi connectivity index (χ2v) is 14.5. The summed E-state index contributed by atoms with van der Waals surface area (Å²) >= 11 is 0. The molecule has 0 aliphatic heterocycles. The van der Waals surface area contributed by atoms with Crippen LogP contribution in [-0.4, -0.2) is 60.5 Å². The van der Waals surface area contributed by atoms with Crippen LogP contribution in [0.3, 0.4) is 0 Å². The highest BCUT2D eigenvalue weighted by atomic mass is 31.2. The fourth-order valence-electron chi connectivity index (χ4n) is 5.09. The third-order valence-electron chi connectivity index (χ3n) is 8.07. The van der Waals surface area contributed by atoms with Crippen LogP contribution < -0.4 is 5.73 Å². The number of aliphatic hydroxyl groups excluding tert-OH is 1. The van der Waals surface area contributed by atoms with Gasteiger partial charge >= 0.3 is 19.8 Å². The summed E-state index contributed by atoms with van der Waals surface area (Å²) in [4.78, 5) is 34.7. The Morgan fingerprint density at radius 1 is 0.686 bits per heavy atom. The van der Waals surface area contributed by atoms with Crippen LogP contribution >= 0.6 is 7.82 Å². The van der Waals surface area contributed by atoms with E-state index in [4.69, 9.17) is 24.3 Å². The Bertz CT molecular complexity index is 998. The molecule has 0 bridgehead atoms. The van der Waals surface area contributed by atoms with E-state index in [0.29, 0.717) is 12.8 Å². The maximum atomic E-state index is 12.5. The van der Waals surface area contributed by atoms with Crippen molar-refractivity contribution in [1.82, 2.24) is 0 Å². The largest absolute Gasteiger partial charge is 0.472 e. The van der Waals surface area contributed by atoms with E-state index in [1.807, 2.05) is 36.5 Å². The first kappa shape index (κ1) is 48.9. The molecule has 0 radical (unpaired) electrons. The summed E-state index contributed by atoms with van der Waals surface area (Å²) < 4.78 is 32.6. The third-order valence-corrected chi connectivity index (χ3v) is 9.06. The molecule has 4 N–H and O–H groups in total. The van der Waals surface area contributed by atoms with Gasteiger partial charge in [-0.25, -0.2) is 4.57 Å². The molecule has 3 atom stereocenters. The van der Waals surface area contributed by atoms with Gasteiger partial charge in [-0.15, -0.1) is 0 Å². The van der Waals surface area contributed by atoms with Gasteiger partial charge in [0.2, 0.25) is 0 Å². The van der Waals surface area contributed by atoms with Crippen molar-refractivity contribution < 1.29 is 42.7 Å². The monoisotopic (exact) mass is 741 g/mol. The quantitative estimate of drug-likeness (QED) is 0.0186. The summed E-state index contributed by atoms with van der Waals surface area (Å²) in [5.74, 6) is -0.923. The molecule has 296 valence electrons. The molecular weight excluding hydrogens is 669 g/mol. The molecular formula is C40H72NO9P. The van der Waals surface area contributed by atoms with Crippen LogP contribution in [0.1, 0.15) is 155 Å². The molecule has 10 nitrogen and oxygen atoms in total. The van der Waals surface area contributed by atoms with Gasteiger partial charge in [0.1, 0.15) is 6.61 Å². The Balaban J connectivity index is 4.36. The molecule has 0 heterocycles. The molecule has 11 heteroatoms. The lowest BCUT2D eigenvalue weighted by Gasteiger charge is -2.19. The van der Waals surface area contributed by atoms with E-state index in [1.54, 1.807) is 0 Å². The lowest BCUT2D eigenvalue weighted by Crippen LogP contribution is -2.29. The number of hydrogen-bond donors (Lipinski definition) is 3. The highest BCUT2D eigenvalue weighted by molar-refractivity contribution is 7.47. The summed E-state index contributed by atoms with van der Waals surface area (Å²) in [6.07, 6.45) is 36.2. The highest BCUT2D eigenvalue weighted by Gasteiger charge is 2.25. The predicted molar refractivity (Wildman–Crippen MR) is 207 cm³/mol. The number of unbranched alkanes of at least 4 members (excludes halogenated alkanes) is 14. The van der Waals surface area contributed by atoms with Crippen molar-refractivity contribution in [2.75, 3.05) is 26.4 Å². The Hall–Kier alpha value is -2.07. The van der Waals surface area contributed by atoms with Crippen molar-refractivity contribution in [3.63, 3.8) is 0 Å². The molecule has 1 unspecified atom stereocenters. The zero-order valence-corrected chi connectivity index (χ0v) is 32.8. The number of aliphatic hydroxyl groups is 1. The summed E-state index contributed by atoms with van der Waals surface area (Å²) in [5, 5.41) is 9.88. The minimum atomic E-state index is -4.40. The molecule has 0 rings (SSSR count). The summed E-state index contributed by atoms with van der Waals surface area (Å²) in [6.45, 7) is 3.51. The van der Waals surface area contributed by atoms with Crippen molar-refractivity contribution >= 4 is 19.8 Å². The SMILES string of the molecule is CCCCCCCCCCCCCCC(=O)OC[C@H](COP(=O)(O)OCCN)OC(=O)CCC/C=C\C/C=C\C/C=C\C=C\[C@@H](O)CCCCC. The maximum Gasteiger partial charge on any atom is 0.472 e. The second kappa shape index (κ2) is 36.3. The first-order chi connectivity index (χ1) is 24.7. The molecule has 0 aromatic heterocycles. The fourth-order valence-corrected chi connectivity index (χ4v) is 5.85. The smallest absolute Gasteiger partial charge is 0.462 e. The van der Waals surface area contributed by atoms with Crippen molar-refractivity contribution in [3.8, 4) is 0 Å². The minimum Gasteiger partial charge on any atom is -0.462 e. The molecule has 0 saturated heterocycles. The Labute approximate surface area is 309 Å². The standard InChI is InChI=1S/C40H72NO9P/c1-3-5-7-8-9-10-11-14-17-20-23-27-31-39(43)47-35-38(36-49-51(45,46)48-34-33-41)50-40(44)32-28-24-21-18-15-12-13-16-19-22-26-30-37(42)29-25-6-4-2/h12-13,18-19,21-22,26,30,37-38,42H,3-11,14-17,20,23-25,27-29,31-36,41H2,1-2H3,(H,45,46)/b13-12-,21-18-,22-19-,30-26+/t37-,38+/m0/s1. The zero-order valence-electron chi connectivity index (χ0n) is 31.9. The number of ether oxygens (including phenoxy) is 2. The first-order valence-electron chi connectivity index (χ1n) is 19.7. The van der Waals surface area contributed by atoms with E-state index in [2.05, 4.69) is 26.0 Å². The fraction of sp³-hybridized carbons (Fsp3) is 0.750. The van der Waals surface area contributed by atoms with Crippen molar-refractivity contribution in [2.24, 2.45) is 5.73 Å². The number of nitrogens with two attached hydrogens (primary N) is 1. The van der Waals surface area contributed by atoms with Gasteiger partial charge in [0.25, 0.3) is 0 Å². The predicted octanol–water partition coefficient (Wildman–Crippen LogP) is 9.74. The lowest BCUT2D eigenvalue weighted by atomic mass is 10.0. The van der Waals surface area contributed by atoms with Gasteiger partial charge in [-0.3, -0.25) is 18.6 Å². The van der Waals surface area contributed by atoms with Gasteiger partial charge < -0.3 is 25.2 Å². The van der Waals surface area contributed by atoms with E-state index in [1.165, 1.54) is 57.8 Å². The third kappa shape index (κ3) is 36.1. The molecule has 0 aromatic carbocycles. The lowest BCUT2D eigenvalue weighted by molar-refractivity contribution is -0.161. The average molecular weight is 742 g/mol. The number of esters is 2. The van der Waals surface area contributed by atoms with E-state index < -0.39 is 32.5 Å². The van der Waals surface area contributed by atoms with Crippen LogP contribution in [0, 0.1) is 0 Å². The van der Waals surface area contributed by atoms with Gasteiger partial charge in [-0.2, -0.15) is 0 Å². The number of allylic oxidation sites excluding steroid dienone is 7. The van der Waals surface area contributed by atoms with Crippen LogP contribution in [0.5, 0.6) is 0 Å². The average Bonchev–Trinajstić information content (AvgIpc) is 3.11. The van der Waals surface area contributed by atoms with Gasteiger partial charge in [0, 0.05) is 19.4 Å². The minimum absolute atomic E-state index is 0.0365. The van der Waals surface area contributed by atoms with Gasteiger partial charge in [-0.1, -0.05) is 152 Å². The molecule has 0 aromatic rings. The van der Waals surface area contributed by atoms with Crippen molar-refractivity contribution in [2.45, 2.75) is 167 Å². The van der Waals surface area contributed by atoms with Gasteiger partial charge in [-0.05, 0) is 38.5 Å². The Morgan fingerprint density at radius 3 is 1.90 bits per heavy atom. The van der Waals surface area contributed by atoms with Crippen molar-refractivity contribution in [1.29, 1.82) is 0 Å². The number of carbonyl (C=O) groups is 2. The van der Waals surface area contributed by atoms with Crippen LogP contribution in [-0.2, 0) is 32.7 Å². The van der Waals surface area contributed by atoms with Crippen LogP contribution in [0.2, 0.25) is 0 Å². The summed E-state index contributed by atoms with van der Waals surface area (Å²) in [6, 6.07) is 0. The Morgan fingerprint density at radius 2 is 1.25 bits per heavy atom. The molecule has 0 spiro atoms. The number of rotatable bonds is 36. The number of phosphoric acid groups is 1. The molecule has 0 fully saturated rings. The van der Waals surface area contributed by atoms with Crippen LogP contribution in [0.15, 0.2) is 48.6 Å². The van der Waals surface area contributed by atoms with Gasteiger partial charge in [0.05, 0.1) is 19.3 Å². The zero-order chi connectivity index (χ0) is 37.7. The van der Waals surface area contributed by atoms with E-state index in [0.717, 1.165) is 57.8 Å². The van der Waals surface area contributed by atoms with E-state index in [9.17, 15) is 24.2 Å². The summed E-state index contributed by atoms with van der Waals surface area (Å²) in [7, 11) is -4.40. The molecule has 51 heavy (non-hydrogen) atoms. The van der Waals surface area contributed by atoms with Gasteiger partial charge in [0.15, 0.2) is 6.10 Å². The molecule has 0 amide bonds. The van der Waals surface area contributed by atoms with Crippen molar-refractivity contribution in [3.05, 3.63) is 48.6 Å². The molecule has 0 saturated carbocycles. The number of carbonyl (C=O) groups excluding carboxylic acids is 2. The summed E-state index contributed by atoms with van der Waals surface area (Å²) in [5.41, 5.74) is 5.32. The number of hydrogen-bond acceptors (Lipinski definition) is 9. The first-order valence-corrected chi connectivity index (χ1v) is 21.2. The van der Waals surface area contributed by atoms with E-state index >= 15 is 0 Å². The van der Waals surface area contributed by atoms with E-state index in [-0.39, 0.29) is 38.7 Å².